The first-order chi connectivity index (χ1) is 19.8. The Bertz CT molecular complexity index is 1360. The number of anilines is 2. The first-order valence-electron chi connectivity index (χ1n) is 14.1. The highest BCUT2D eigenvalue weighted by molar-refractivity contribution is 7.86. The van der Waals surface area contributed by atoms with Gasteiger partial charge in [-0.25, -0.2) is 13.6 Å². The Morgan fingerprint density at radius 1 is 1.10 bits per heavy atom. The van der Waals surface area contributed by atoms with Gasteiger partial charge in [0, 0.05) is 62.1 Å². The Morgan fingerprint density at radius 2 is 1.85 bits per heavy atom. The lowest BCUT2D eigenvalue weighted by molar-refractivity contribution is 0.0556. The van der Waals surface area contributed by atoms with E-state index in [1.54, 1.807) is 36.8 Å². The topological polar surface area (TPSA) is 83.1 Å². The van der Waals surface area contributed by atoms with Crippen LogP contribution in [0.5, 0.6) is 5.88 Å². The summed E-state index contributed by atoms with van der Waals surface area (Å²) in [6, 6.07) is 9.89. The third-order valence-electron chi connectivity index (χ3n) is 7.80. The molecule has 2 fully saturated rings. The second kappa shape index (κ2) is 13.2. The first-order valence-corrected chi connectivity index (χ1v) is 15.3. The van der Waals surface area contributed by atoms with Crippen LogP contribution in [0.15, 0.2) is 53.8 Å². The maximum atomic E-state index is 15.4. The number of benzene rings is 1. The molecule has 2 aromatic heterocycles. The molecule has 2 saturated heterocycles. The fourth-order valence-electron chi connectivity index (χ4n) is 5.39. The monoisotopic (exact) mass is 582 g/mol. The van der Waals surface area contributed by atoms with Crippen molar-refractivity contribution in [2.45, 2.75) is 44.3 Å². The lowest BCUT2D eigenvalue weighted by Crippen LogP contribution is -2.54. The van der Waals surface area contributed by atoms with Crippen LogP contribution in [0, 0.1) is 5.82 Å². The SMILES string of the molecule is CCOc1ncc(N2CCOCC2)cc1S(=O)Nc1cncc(-c2ccc(CN3CC(C)N(C)C(C)C3)cc2F)c1. The molecule has 3 atom stereocenters. The average molecular weight is 583 g/mol. The molecule has 2 aliphatic rings. The lowest BCUT2D eigenvalue weighted by Gasteiger charge is -2.42. The van der Waals surface area contributed by atoms with Gasteiger partial charge in [0.15, 0.2) is 11.0 Å². The molecule has 4 heterocycles. The maximum absolute atomic E-state index is 15.4. The van der Waals surface area contributed by atoms with Gasteiger partial charge in [0.1, 0.15) is 10.7 Å². The third kappa shape index (κ3) is 7.03. The van der Waals surface area contributed by atoms with Gasteiger partial charge < -0.3 is 14.4 Å². The maximum Gasteiger partial charge on any atom is 0.231 e. The number of rotatable bonds is 9. The predicted molar refractivity (Wildman–Crippen MR) is 160 cm³/mol. The number of ether oxygens (including phenoxy) is 2. The molecule has 0 radical (unpaired) electrons. The Kier molecular flexibility index (Phi) is 9.49. The van der Waals surface area contributed by atoms with Crippen LogP contribution in [-0.4, -0.2) is 89.1 Å². The predicted octanol–water partition coefficient (Wildman–Crippen LogP) is 4.18. The molecular formula is C30H39FN6O3S. The Morgan fingerprint density at radius 3 is 2.56 bits per heavy atom. The average Bonchev–Trinajstić information content (AvgIpc) is 2.97. The highest BCUT2D eigenvalue weighted by Crippen LogP contribution is 2.29. The zero-order valence-electron chi connectivity index (χ0n) is 24.2. The molecule has 0 aliphatic carbocycles. The van der Waals surface area contributed by atoms with Crippen LogP contribution in [0.1, 0.15) is 26.3 Å². The number of halogens is 1. The number of likely N-dealkylation sites (N-methyl/N-ethyl adjacent to an activating group) is 1. The molecule has 0 amide bonds. The van der Waals surface area contributed by atoms with Gasteiger partial charge in [-0.3, -0.25) is 19.5 Å². The standard InChI is InChI=1S/C30H39FN6O3S/c1-5-40-30-29(14-26(17-33-30)37-8-10-39-11-9-37)41(38)34-25-13-24(15-32-16-25)27-7-6-23(12-28(27)31)20-36-18-21(2)35(4)22(3)19-36/h6-7,12-17,21-22,34H,5,8-11,18-20H2,1-4H3. The summed E-state index contributed by atoms with van der Waals surface area (Å²) in [5.41, 5.74) is 3.35. The highest BCUT2D eigenvalue weighted by atomic mass is 32.2. The van der Waals surface area contributed by atoms with Crippen molar-refractivity contribution >= 4 is 22.4 Å². The Labute approximate surface area is 244 Å². The van der Waals surface area contributed by atoms with Gasteiger partial charge in [0.2, 0.25) is 5.88 Å². The number of morpholine rings is 1. The molecule has 0 saturated carbocycles. The fraction of sp³-hybridized carbons (Fsp3) is 0.467. The van der Waals surface area contributed by atoms with Crippen LogP contribution in [0.25, 0.3) is 11.1 Å². The second-order valence-electron chi connectivity index (χ2n) is 10.7. The van der Waals surface area contributed by atoms with Gasteiger partial charge in [-0.1, -0.05) is 12.1 Å². The largest absolute Gasteiger partial charge is 0.477 e. The van der Waals surface area contributed by atoms with Crippen molar-refractivity contribution in [3.63, 3.8) is 0 Å². The van der Waals surface area contributed by atoms with Gasteiger partial charge in [0.25, 0.3) is 0 Å². The minimum Gasteiger partial charge on any atom is -0.477 e. The number of nitrogens with zero attached hydrogens (tertiary/aromatic N) is 5. The number of aromatic nitrogens is 2. The molecule has 0 spiro atoms. The smallest absolute Gasteiger partial charge is 0.231 e. The highest BCUT2D eigenvalue weighted by Gasteiger charge is 2.26. The van der Waals surface area contributed by atoms with E-state index in [0.717, 1.165) is 37.4 Å². The molecule has 0 bridgehead atoms. The van der Waals surface area contributed by atoms with Crippen molar-refractivity contribution < 1.29 is 18.1 Å². The second-order valence-corrected chi connectivity index (χ2v) is 11.9. The number of nitrogens with one attached hydrogen (secondary N) is 1. The van der Waals surface area contributed by atoms with Crippen molar-refractivity contribution in [2.75, 3.05) is 62.7 Å². The molecule has 41 heavy (non-hydrogen) atoms. The molecule has 11 heteroatoms. The zero-order valence-corrected chi connectivity index (χ0v) is 25.0. The van der Waals surface area contributed by atoms with Crippen molar-refractivity contribution in [1.82, 2.24) is 19.8 Å². The van der Waals surface area contributed by atoms with Gasteiger partial charge in [-0.05, 0) is 51.6 Å². The molecule has 220 valence electrons. The molecule has 1 N–H and O–H groups in total. The summed E-state index contributed by atoms with van der Waals surface area (Å²) in [7, 11) is 0.471. The normalized spacial score (nSPS) is 21.0. The Hall–Kier alpha value is -3.12. The summed E-state index contributed by atoms with van der Waals surface area (Å²) in [5, 5.41) is 0. The van der Waals surface area contributed by atoms with Gasteiger partial charge in [-0.15, -0.1) is 0 Å². The first kappa shape index (κ1) is 29.4. The third-order valence-corrected chi connectivity index (χ3v) is 8.91. The van der Waals surface area contributed by atoms with Crippen LogP contribution in [-0.2, 0) is 22.3 Å². The molecule has 3 unspecified atom stereocenters. The van der Waals surface area contributed by atoms with E-state index in [4.69, 9.17) is 9.47 Å². The summed E-state index contributed by atoms with van der Waals surface area (Å²) < 4.78 is 43.0. The van der Waals surface area contributed by atoms with Crippen molar-refractivity contribution in [3.05, 3.63) is 60.3 Å². The summed E-state index contributed by atoms with van der Waals surface area (Å²) in [5.74, 6) is 0.00377. The molecule has 3 aromatic rings. The van der Waals surface area contributed by atoms with Crippen LogP contribution in [0.4, 0.5) is 15.8 Å². The Balaban J connectivity index is 1.31. The summed E-state index contributed by atoms with van der Waals surface area (Å²) >= 11 is 0. The fourth-order valence-corrected chi connectivity index (χ4v) is 6.33. The van der Waals surface area contributed by atoms with E-state index in [1.165, 1.54) is 0 Å². The van der Waals surface area contributed by atoms with E-state index in [2.05, 4.69) is 50.3 Å². The van der Waals surface area contributed by atoms with E-state index >= 15 is 4.39 Å². The molecule has 1 aromatic carbocycles. The van der Waals surface area contributed by atoms with E-state index in [9.17, 15) is 4.21 Å². The van der Waals surface area contributed by atoms with Crippen LogP contribution in [0.2, 0.25) is 0 Å². The van der Waals surface area contributed by atoms with E-state index < -0.39 is 11.0 Å². The molecule has 5 rings (SSSR count). The van der Waals surface area contributed by atoms with Crippen LogP contribution in [0.3, 0.4) is 0 Å². The number of pyridine rings is 2. The molecule has 2 aliphatic heterocycles. The van der Waals surface area contributed by atoms with Gasteiger partial charge in [0.05, 0.1) is 43.6 Å². The van der Waals surface area contributed by atoms with Gasteiger partial charge >= 0.3 is 0 Å². The number of piperazine rings is 1. The van der Waals surface area contributed by atoms with Crippen molar-refractivity contribution in [3.8, 4) is 17.0 Å². The molecule has 9 nitrogen and oxygen atoms in total. The number of hydrogen-bond donors (Lipinski definition) is 1. The van der Waals surface area contributed by atoms with E-state index in [0.29, 0.717) is 66.0 Å². The quantitative estimate of drug-likeness (QED) is 0.403. The summed E-state index contributed by atoms with van der Waals surface area (Å²) in [6.45, 7) is 12.1. The lowest BCUT2D eigenvalue weighted by atomic mass is 10.0. The van der Waals surface area contributed by atoms with Crippen molar-refractivity contribution in [1.29, 1.82) is 0 Å². The molecular weight excluding hydrogens is 543 g/mol. The minimum atomic E-state index is -1.69. The zero-order chi connectivity index (χ0) is 28.9. The summed E-state index contributed by atoms with van der Waals surface area (Å²) in [4.78, 5) is 16.1. The van der Waals surface area contributed by atoms with Crippen LogP contribution >= 0.6 is 0 Å². The van der Waals surface area contributed by atoms with Crippen LogP contribution < -0.4 is 14.4 Å². The number of hydrogen-bond acceptors (Lipinski definition) is 8. The van der Waals surface area contributed by atoms with E-state index in [1.807, 2.05) is 19.1 Å². The van der Waals surface area contributed by atoms with E-state index in [-0.39, 0.29) is 5.82 Å². The van der Waals surface area contributed by atoms with Gasteiger partial charge in [-0.2, -0.15) is 0 Å². The summed E-state index contributed by atoms with van der Waals surface area (Å²) in [6.07, 6.45) is 4.92. The van der Waals surface area contributed by atoms with Crippen molar-refractivity contribution in [2.24, 2.45) is 0 Å². The minimum absolute atomic E-state index is 0.307.